The summed E-state index contributed by atoms with van der Waals surface area (Å²) < 4.78 is 22.0. The molecule has 1 aliphatic carbocycles. The van der Waals surface area contributed by atoms with Crippen LogP contribution in [0.25, 0.3) is 0 Å². The van der Waals surface area contributed by atoms with E-state index in [0.717, 1.165) is 0 Å². The molecule has 1 heterocycles. The van der Waals surface area contributed by atoms with Crippen LogP contribution >= 0.6 is 0 Å². The Kier molecular flexibility index (Phi) is 5.55. The number of carbonyl (C=O) groups excluding carboxylic acids is 1. The lowest BCUT2D eigenvalue weighted by Crippen LogP contribution is -2.58. The lowest BCUT2D eigenvalue weighted by Gasteiger charge is -2.44. The zero-order valence-corrected chi connectivity index (χ0v) is 16.6. The summed E-state index contributed by atoms with van der Waals surface area (Å²) in [4.78, 5) is 12.7. The molecule has 0 spiro atoms. The van der Waals surface area contributed by atoms with Gasteiger partial charge in [-0.05, 0) is 35.7 Å². The Hall–Kier alpha value is -2.81. The predicted octanol–water partition coefficient (Wildman–Crippen LogP) is 1.47. The van der Waals surface area contributed by atoms with Crippen molar-refractivity contribution >= 4 is 5.97 Å². The molecule has 1 fully saturated rings. The maximum Gasteiger partial charge on any atom is 0.338 e. The van der Waals surface area contributed by atoms with Crippen molar-refractivity contribution in [1.29, 1.82) is 0 Å². The van der Waals surface area contributed by atoms with Crippen LogP contribution in [-0.4, -0.2) is 59.6 Å². The van der Waals surface area contributed by atoms with E-state index in [-0.39, 0.29) is 6.79 Å². The SMILES string of the molecule is COc1cc([C@@H]2[C@@H](C)[C@H](O)[C@H](O)[C@@H](O)[C@@H]2OC(=O)c2ccccc2)cc2c1OCO2. The highest BCUT2D eigenvalue weighted by molar-refractivity contribution is 5.89. The Morgan fingerprint density at radius 2 is 1.77 bits per heavy atom. The molecule has 8 nitrogen and oxygen atoms in total. The summed E-state index contributed by atoms with van der Waals surface area (Å²) in [6, 6.07) is 11.8. The van der Waals surface area contributed by atoms with Crippen molar-refractivity contribution < 1.29 is 39.1 Å². The fourth-order valence-electron chi connectivity index (χ4n) is 4.18. The van der Waals surface area contributed by atoms with E-state index in [1.54, 1.807) is 49.4 Å². The molecule has 4 rings (SSSR count). The highest BCUT2D eigenvalue weighted by Gasteiger charge is 2.50. The molecule has 8 heteroatoms. The van der Waals surface area contributed by atoms with E-state index in [2.05, 4.69) is 0 Å². The van der Waals surface area contributed by atoms with E-state index >= 15 is 0 Å². The van der Waals surface area contributed by atoms with Gasteiger partial charge in [-0.2, -0.15) is 0 Å². The van der Waals surface area contributed by atoms with E-state index in [1.807, 2.05) is 0 Å². The van der Waals surface area contributed by atoms with Crippen LogP contribution in [0.4, 0.5) is 0 Å². The second-order valence-corrected chi connectivity index (χ2v) is 7.55. The number of fused-ring (bicyclic) bond motifs is 1. The van der Waals surface area contributed by atoms with E-state index in [9.17, 15) is 20.1 Å². The number of carbonyl (C=O) groups is 1. The van der Waals surface area contributed by atoms with Crippen molar-refractivity contribution in [2.24, 2.45) is 5.92 Å². The van der Waals surface area contributed by atoms with Gasteiger partial charge in [-0.1, -0.05) is 25.1 Å². The molecule has 0 aromatic heterocycles. The van der Waals surface area contributed by atoms with Gasteiger partial charge < -0.3 is 34.3 Å². The summed E-state index contributed by atoms with van der Waals surface area (Å²) in [5.41, 5.74) is 0.944. The molecular weight excluding hydrogens is 392 g/mol. The first-order chi connectivity index (χ1) is 14.4. The fourth-order valence-corrected chi connectivity index (χ4v) is 4.18. The molecular formula is C22H24O8. The summed E-state index contributed by atoms with van der Waals surface area (Å²) in [6.45, 7) is 1.77. The minimum atomic E-state index is -1.48. The van der Waals surface area contributed by atoms with E-state index < -0.39 is 42.2 Å². The van der Waals surface area contributed by atoms with Crippen LogP contribution in [0.1, 0.15) is 28.8 Å². The molecule has 0 unspecified atom stereocenters. The van der Waals surface area contributed by atoms with Crippen LogP contribution in [0, 0.1) is 5.92 Å². The van der Waals surface area contributed by atoms with Crippen molar-refractivity contribution in [1.82, 2.24) is 0 Å². The number of hydrogen-bond donors (Lipinski definition) is 3. The van der Waals surface area contributed by atoms with Gasteiger partial charge >= 0.3 is 5.97 Å². The summed E-state index contributed by atoms with van der Waals surface area (Å²) in [6.07, 6.45) is -5.25. The summed E-state index contributed by atoms with van der Waals surface area (Å²) in [7, 11) is 1.49. The number of rotatable bonds is 4. The number of hydrogen-bond acceptors (Lipinski definition) is 8. The minimum Gasteiger partial charge on any atom is -0.493 e. The summed E-state index contributed by atoms with van der Waals surface area (Å²) in [5, 5.41) is 31.5. The van der Waals surface area contributed by atoms with Crippen LogP contribution in [-0.2, 0) is 4.74 Å². The summed E-state index contributed by atoms with van der Waals surface area (Å²) in [5.74, 6) is -0.455. The minimum absolute atomic E-state index is 0.0474. The van der Waals surface area contributed by atoms with Crippen LogP contribution in [0.2, 0.25) is 0 Å². The molecule has 0 amide bonds. The van der Waals surface area contributed by atoms with Crippen LogP contribution in [0.3, 0.4) is 0 Å². The van der Waals surface area contributed by atoms with Gasteiger partial charge in [0.2, 0.25) is 12.5 Å². The van der Waals surface area contributed by atoms with Gasteiger partial charge in [-0.3, -0.25) is 0 Å². The van der Waals surface area contributed by atoms with Gasteiger partial charge in [-0.25, -0.2) is 4.79 Å². The number of ether oxygens (including phenoxy) is 4. The molecule has 2 aromatic carbocycles. The van der Waals surface area contributed by atoms with Crippen molar-refractivity contribution in [2.45, 2.75) is 37.3 Å². The van der Waals surface area contributed by atoms with E-state index in [1.165, 1.54) is 7.11 Å². The molecule has 1 aliphatic heterocycles. The second kappa shape index (κ2) is 8.14. The molecule has 1 saturated carbocycles. The monoisotopic (exact) mass is 416 g/mol. The Bertz CT molecular complexity index is 915. The van der Waals surface area contributed by atoms with Gasteiger partial charge in [0.05, 0.1) is 18.8 Å². The number of benzene rings is 2. The van der Waals surface area contributed by atoms with Gasteiger partial charge in [0.25, 0.3) is 0 Å². The first-order valence-electron chi connectivity index (χ1n) is 9.70. The lowest BCUT2D eigenvalue weighted by atomic mass is 9.70. The standard InChI is InChI=1S/C22H24O8/c1-11-16(13-8-14(27-2)20-15(9-13)28-10-29-20)21(19(25)18(24)17(11)23)30-22(26)12-6-4-3-5-7-12/h3-9,11,16-19,21,23-25H,10H2,1-2H3/t11-,16+,17+,18+,19-,21-/m1/s1. The normalized spacial score (nSPS) is 30.0. The largest absolute Gasteiger partial charge is 0.493 e. The fraction of sp³-hybridized carbons (Fsp3) is 0.409. The van der Waals surface area contributed by atoms with Gasteiger partial charge in [0, 0.05) is 5.92 Å². The summed E-state index contributed by atoms with van der Waals surface area (Å²) >= 11 is 0. The molecule has 0 bridgehead atoms. The van der Waals surface area contributed by atoms with Crippen molar-refractivity contribution in [2.75, 3.05) is 13.9 Å². The maximum atomic E-state index is 12.7. The number of methoxy groups -OCH3 is 1. The Morgan fingerprint density at radius 1 is 1.03 bits per heavy atom. The Morgan fingerprint density at radius 3 is 2.47 bits per heavy atom. The molecule has 0 radical (unpaired) electrons. The molecule has 6 atom stereocenters. The Labute approximate surface area is 173 Å². The van der Waals surface area contributed by atoms with Gasteiger partial charge in [0.15, 0.2) is 11.5 Å². The predicted molar refractivity (Wildman–Crippen MR) is 105 cm³/mol. The van der Waals surface area contributed by atoms with Gasteiger partial charge in [-0.15, -0.1) is 0 Å². The zero-order chi connectivity index (χ0) is 21.4. The van der Waals surface area contributed by atoms with Crippen molar-refractivity contribution in [3.05, 3.63) is 53.6 Å². The van der Waals surface area contributed by atoms with Crippen molar-refractivity contribution in [3.63, 3.8) is 0 Å². The van der Waals surface area contributed by atoms with E-state index in [4.69, 9.17) is 18.9 Å². The third kappa shape index (κ3) is 3.47. The molecule has 2 aromatic rings. The van der Waals surface area contributed by atoms with Crippen LogP contribution in [0.5, 0.6) is 17.2 Å². The number of aliphatic hydroxyl groups excluding tert-OH is 3. The first-order valence-corrected chi connectivity index (χ1v) is 9.70. The molecule has 30 heavy (non-hydrogen) atoms. The lowest BCUT2D eigenvalue weighted by molar-refractivity contribution is -0.165. The maximum absolute atomic E-state index is 12.7. The van der Waals surface area contributed by atoms with Crippen molar-refractivity contribution in [3.8, 4) is 17.2 Å². The topological polar surface area (TPSA) is 115 Å². The highest BCUT2D eigenvalue weighted by Crippen LogP contribution is 2.47. The third-order valence-electron chi connectivity index (χ3n) is 5.81. The smallest absolute Gasteiger partial charge is 0.338 e. The van der Waals surface area contributed by atoms with E-state index in [0.29, 0.717) is 28.4 Å². The highest BCUT2D eigenvalue weighted by atomic mass is 16.7. The molecule has 2 aliphatic rings. The third-order valence-corrected chi connectivity index (χ3v) is 5.81. The zero-order valence-electron chi connectivity index (χ0n) is 16.6. The number of esters is 1. The quantitative estimate of drug-likeness (QED) is 0.642. The first kappa shape index (κ1) is 20.5. The number of aliphatic hydroxyl groups is 3. The molecule has 160 valence electrons. The van der Waals surface area contributed by atoms with Crippen LogP contribution in [0.15, 0.2) is 42.5 Å². The average Bonchev–Trinajstić information content (AvgIpc) is 3.24. The van der Waals surface area contributed by atoms with Crippen LogP contribution < -0.4 is 14.2 Å². The Balaban J connectivity index is 1.73. The molecule has 3 N–H and O–H groups in total. The second-order valence-electron chi connectivity index (χ2n) is 7.55. The average molecular weight is 416 g/mol. The van der Waals surface area contributed by atoms with Gasteiger partial charge in [0.1, 0.15) is 18.3 Å². The molecule has 0 saturated heterocycles.